The van der Waals surface area contributed by atoms with E-state index >= 15 is 0 Å². The van der Waals surface area contributed by atoms with Gasteiger partial charge < -0.3 is 5.11 Å². The molecule has 0 atom stereocenters. The summed E-state index contributed by atoms with van der Waals surface area (Å²) in [6.45, 7) is -0.290. The van der Waals surface area contributed by atoms with Gasteiger partial charge in [0, 0.05) is 24.7 Å². The molecule has 7 nitrogen and oxygen atoms in total. The smallest absolute Gasteiger partial charge is 0.349 e. The van der Waals surface area contributed by atoms with E-state index < -0.39 is 21.2 Å². The van der Waals surface area contributed by atoms with Crippen LogP contribution in [0.1, 0.15) is 5.56 Å². The topological polar surface area (TPSA) is 107 Å². The molecule has 1 aromatic carbocycles. The number of aliphatic hydroxyl groups excluding tert-OH is 1. The van der Waals surface area contributed by atoms with Crippen LogP contribution in [-0.2, 0) is 6.42 Å². The predicted octanol–water partition coefficient (Wildman–Crippen LogP) is 1.04. The summed E-state index contributed by atoms with van der Waals surface area (Å²) in [7, 11) is 0. The molecule has 1 rings (SSSR count). The molecular weight excluding hydrogens is 204 g/mol. The molecule has 0 heterocycles. The maximum atomic E-state index is 10.6. The SMILES string of the molecule is O=[N+]([O-])c1cccc(CCO)c1[N+](=O)[O-]. The standard InChI is InChI=1S/C8H8N2O5/c11-5-4-6-2-1-3-7(9(12)13)8(6)10(14)15/h1-3,11H,4-5H2. The molecule has 0 aliphatic carbocycles. The lowest BCUT2D eigenvalue weighted by Gasteiger charge is -2.00. The van der Waals surface area contributed by atoms with Crippen molar-refractivity contribution >= 4 is 11.4 Å². The number of nitro groups is 2. The van der Waals surface area contributed by atoms with Crippen molar-refractivity contribution in [2.24, 2.45) is 0 Å². The summed E-state index contributed by atoms with van der Waals surface area (Å²) < 4.78 is 0. The second-order valence-electron chi connectivity index (χ2n) is 2.77. The molecule has 0 aliphatic rings. The molecule has 1 N–H and O–H groups in total. The Hall–Kier alpha value is -2.02. The van der Waals surface area contributed by atoms with Crippen LogP contribution < -0.4 is 0 Å². The number of para-hydroxylation sites is 1. The molecule has 0 radical (unpaired) electrons. The van der Waals surface area contributed by atoms with Crippen LogP contribution in [0.5, 0.6) is 0 Å². The quantitative estimate of drug-likeness (QED) is 0.592. The minimum absolute atomic E-state index is 0.0258. The van der Waals surface area contributed by atoms with E-state index in [0.717, 1.165) is 6.07 Å². The molecule has 0 bridgehead atoms. The summed E-state index contributed by atoms with van der Waals surface area (Å²) in [6.07, 6.45) is 0.0258. The summed E-state index contributed by atoms with van der Waals surface area (Å²) in [4.78, 5) is 19.6. The molecule has 1 aromatic rings. The molecule has 80 valence electrons. The van der Waals surface area contributed by atoms with Gasteiger partial charge in [-0.2, -0.15) is 0 Å². The Kier molecular flexibility index (Phi) is 3.29. The van der Waals surface area contributed by atoms with Crippen molar-refractivity contribution in [1.29, 1.82) is 0 Å². The molecule has 0 aliphatic heterocycles. The number of nitrogens with zero attached hydrogens (tertiary/aromatic N) is 2. The largest absolute Gasteiger partial charge is 0.396 e. The zero-order valence-electron chi connectivity index (χ0n) is 7.62. The maximum Gasteiger partial charge on any atom is 0.349 e. The van der Waals surface area contributed by atoms with Gasteiger partial charge in [-0.3, -0.25) is 20.2 Å². The van der Waals surface area contributed by atoms with E-state index in [4.69, 9.17) is 5.11 Å². The Morgan fingerprint density at radius 1 is 1.20 bits per heavy atom. The van der Waals surface area contributed by atoms with Crippen molar-refractivity contribution in [3.63, 3.8) is 0 Å². The first-order chi connectivity index (χ1) is 7.07. The van der Waals surface area contributed by atoms with Gasteiger partial charge in [0.05, 0.1) is 9.85 Å². The van der Waals surface area contributed by atoms with E-state index in [1.807, 2.05) is 0 Å². The fourth-order valence-electron chi connectivity index (χ4n) is 1.26. The van der Waals surface area contributed by atoms with Crippen molar-refractivity contribution in [1.82, 2.24) is 0 Å². The summed E-state index contributed by atoms with van der Waals surface area (Å²) in [5.74, 6) is 0. The normalized spacial score (nSPS) is 9.93. The second-order valence-corrected chi connectivity index (χ2v) is 2.77. The molecule has 0 amide bonds. The van der Waals surface area contributed by atoms with Gasteiger partial charge in [-0.25, -0.2) is 0 Å². The number of nitro benzene ring substituents is 2. The fourth-order valence-corrected chi connectivity index (χ4v) is 1.26. The fraction of sp³-hybridized carbons (Fsp3) is 0.250. The van der Waals surface area contributed by atoms with Gasteiger partial charge in [-0.15, -0.1) is 0 Å². The van der Waals surface area contributed by atoms with Crippen molar-refractivity contribution in [3.8, 4) is 0 Å². The van der Waals surface area contributed by atoms with Crippen LogP contribution >= 0.6 is 0 Å². The number of benzene rings is 1. The first-order valence-corrected chi connectivity index (χ1v) is 4.09. The van der Waals surface area contributed by atoms with Crippen molar-refractivity contribution in [3.05, 3.63) is 44.0 Å². The van der Waals surface area contributed by atoms with Crippen molar-refractivity contribution < 1.29 is 15.0 Å². The van der Waals surface area contributed by atoms with Gasteiger partial charge in [0.25, 0.3) is 0 Å². The molecule has 0 saturated heterocycles. The molecular formula is C8H8N2O5. The van der Waals surface area contributed by atoms with Crippen LogP contribution in [0.2, 0.25) is 0 Å². The van der Waals surface area contributed by atoms with Crippen LogP contribution in [-0.4, -0.2) is 21.6 Å². The zero-order chi connectivity index (χ0) is 11.4. The van der Waals surface area contributed by atoms with Gasteiger partial charge >= 0.3 is 11.4 Å². The molecule has 15 heavy (non-hydrogen) atoms. The lowest BCUT2D eigenvalue weighted by molar-refractivity contribution is -0.423. The second kappa shape index (κ2) is 4.47. The minimum Gasteiger partial charge on any atom is -0.396 e. The highest BCUT2D eigenvalue weighted by Crippen LogP contribution is 2.30. The Labute approximate surface area is 84.3 Å². The average Bonchev–Trinajstić information content (AvgIpc) is 2.17. The van der Waals surface area contributed by atoms with Gasteiger partial charge in [0.2, 0.25) is 0 Å². The van der Waals surface area contributed by atoms with Gasteiger partial charge in [-0.1, -0.05) is 12.1 Å². The number of aliphatic hydroxyl groups is 1. The number of hydrogen-bond donors (Lipinski definition) is 1. The van der Waals surface area contributed by atoms with Gasteiger partial charge in [0.15, 0.2) is 0 Å². The van der Waals surface area contributed by atoms with E-state index in [2.05, 4.69) is 0 Å². The highest BCUT2D eigenvalue weighted by Gasteiger charge is 2.27. The first kappa shape index (κ1) is 11.1. The van der Waals surface area contributed by atoms with E-state index in [-0.39, 0.29) is 18.6 Å². The predicted molar refractivity (Wildman–Crippen MR) is 50.5 cm³/mol. The Morgan fingerprint density at radius 2 is 1.87 bits per heavy atom. The Balaban J connectivity index is 3.34. The van der Waals surface area contributed by atoms with E-state index in [0.29, 0.717) is 0 Å². The van der Waals surface area contributed by atoms with Crippen LogP contribution in [0.15, 0.2) is 18.2 Å². The van der Waals surface area contributed by atoms with Crippen LogP contribution in [0.4, 0.5) is 11.4 Å². The monoisotopic (exact) mass is 212 g/mol. The summed E-state index contributed by atoms with van der Waals surface area (Å²) >= 11 is 0. The van der Waals surface area contributed by atoms with Crippen molar-refractivity contribution in [2.45, 2.75) is 6.42 Å². The molecule has 7 heteroatoms. The number of rotatable bonds is 4. The third-order valence-corrected chi connectivity index (χ3v) is 1.86. The first-order valence-electron chi connectivity index (χ1n) is 4.09. The Morgan fingerprint density at radius 3 is 2.33 bits per heavy atom. The van der Waals surface area contributed by atoms with E-state index in [9.17, 15) is 20.2 Å². The van der Waals surface area contributed by atoms with Gasteiger partial charge in [-0.05, 0) is 0 Å². The third-order valence-electron chi connectivity index (χ3n) is 1.86. The van der Waals surface area contributed by atoms with E-state index in [1.165, 1.54) is 12.1 Å². The molecule has 0 aromatic heterocycles. The average molecular weight is 212 g/mol. The molecule has 0 fully saturated rings. The Bertz CT molecular complexity index is 404. The lowest BCUT2D eigenvalue weighted by atomic mass is 10.1. The van der Waals surface area contributed by atoms with Crippen molar-refractivity contribution in [2.75, 3.05) is 6.61 Å². The van der Waals surface area contributed by atoms with Crippen LogP contribution in [0.25, 0.3) is 0 Å². The van der Waals surface area contributed by atoms with Crippen LogP contribution in [0, 0.1) is 20.2 Å². The van der Waals surface area contributed by atoms with Gasteiger partial charge in [0.1, 0.15) is 0 Å². The van der Waals surface area contributed by atoms with E-state index in [1.54, 1.807) is 0 Å². The highest BCUT2D eigenvalue weighted by atomic mass is 16.6. The lowest BCUT2D eigenvalue weighted by Crippen LogP contribution is -2.02. The summed E-state index contributed by atoms with van der Waals surface area (Å²) in [5.41, 5.74) is -0.931. The summed E-state index contributed by atoms with van der Waals surface area (Å²) in [6, 6.07) is 3.82. The zero-order valence-corrected chi connectivity index (χ0v) is 7.62. The highest BCUT2D eigenvalue weighted by molar-refractivity contribution is 5.57. The molecule has 0 unspecified atom stereocenters. The maximum absolute atomic E-state index is 10.6. The number of hydrogen-bond acceptors (Lipinski definition) is 5. The molecule has 0 saturated carbocycles. The minimum atomic E-state index is -0.807. The third kappa shape index (κ3) is 2.26. The summed E-state index contributed by atoms with van der Waals surface area (Å²) in [5, 5.41) is 29.8. The molecule has 0 spiro atoms. The van der Waals surface area contributed by atoms with Crippen LogP contribution in [0.3, 0.4) is 0 Å².